The van der Waals surface area contributed by atoms with Gasteiger partial charge < -0.3 is 15.4 Å². The number of hydrogen-bond donors (Lipinski definition) is 2. The van der Waals surface area contributed by atoms with Gasteiger partial charge in [-0.05, 0) is 51.3 Å². The van der Waals surface area contributed by atoms with E-state index in [0.29, 0.717) is 12.2 Å². The number of anilines is 1. The van der Waals surface area contributed by atoms with Gasteiger partial charge in [0.15, 0.2) is 0 Å². The molecule has 0 spiro atoms. The highest BCUT2D eigenvalue weighted by Crippen LogP contribution is 2.32. The van der Waals surface area contributed by atoms with Crippen LogP contribution in [0.3, 0.4) is 0 Å². The lowest BCUT2D eigenvalue weighted by molar-refractivity contribution is 0.0935. The minimum absolute atomic E-state index is 0.0788. The monoisotopic (exact) mass is 408 g/mol. The molecule has 1 atom stereocenters. The van der Waals surface area contributed by atoms with Crippen LogP contribution in [0.2, 0.25) is 0 Å². The van der Waals surface area contributed by atoms with Crippen LogP contribution in [0.1, 0.15) is 27.7 Å². The molecule has 0 radical (unpaired) electrons. The number of amides is 1. The van der Waals surface area contributed by atoms with Gasteiger partial charge in [-0.2, -0.15) is 0 Å². The molecule has 3 aromatic carbocycles. The predicted molar refractivity (Wildman–Crippen MR) is 105 cm³/mol. The number of halogens is 1. The number of carbonyl (C=O) groups excluding carboxylic acids is 1. The number of fused-ring (bicyclic) bond motifs is 1. The summed E-state index contributed by atoms with van der Waals surface area (Å²) < 4.78 is 6.74. The van der Waals surface area contributed by atoms with Crippen molar-refractivity contribution in [1.29, 1.82) is 0 Å². The van der Waals surface area contributed by atoms with Crippen molar-refractivity contribution in [2.75, 3.05) is 5.32 Å². The first kappa shape index (κ1) is 16.7. The zero-order valence-electron chi connectivity index (χ0n) is 13.9. The molecule has 0 fully saturated rings. The van der Waals surface area contributed by atoms with E-state index in [0.717, 1.165) is 27.0 Å². The maximum Gasteiger partial charge on any atom is 0.255 e. The number of nitrogens with one attached hydrogen (secondary N) is 2. The fourth-order valence-electron chi connectivity index (χ4n) is 2.92. The number of ether oxygens (including phenoxy) is 1. The van der Waals surface area contributed by atoms with Crippen LogP contribution in [0.5, 0.6) is 5.75 Å². The van der Waals surface area contributed by atoms with Crippen LogP contribution >= 0.6 is 15.9 Å². The Morgan fingerprint density at radius 1 is 0.923 bits per heavy atom. The average Bonchev–Trinajstić information content (AvgIpc) is 2.68. The van der Waals surface area contributed by atoms with Crippen molar-refractivity contribution >= 4 is 27.5 Å². The Morgan fingerprint density at radius 3 is 2.50 bits per heavy atom. The van der Waals surface area contributed by atoms with E-state index in [1.807, 2.05) is 72.8 Å². The summed E-state index contributed by atoms with van der Waals surface area (Å²) in [5.41, 5.74) is 3.56. The Morgan fingerprint density at radius 2 is 1.69 bits per heavy atom. The third-order valence-electron chi connectivity index (χ3n) is 4.27. The Kier molecular flexibility index (Phi) is 4.63. The van der Waals surface area contributed by atoms with Crippen LogP contribution in [0.4, 0.5) is 5.69 Å². The fourth-order valence-corrected chi connectivity index (χ4v) is 3.43. The highest BCUT2D eigenvalue weighted by molar-refractivity contribution is 9.10. The third kappa shape index (κ3) is 3.44. The first-order valence-electron chi connectivity index (χ1n) is 8.33. The lowest BCUT2D eigenvalue weighted by Crippen LogP contribution is -2.38. The van der Waals surface area contributed by atoms with Gasteiger partial charge in [0.05, 0.1) is 10.0 Å². The second-order valence-electron chi connectivity index (χ2n) is 6.06. The van der Waals surface area contributed by atoms with Crippen molar-refractivity contribution in [2.45, 2.75) is 12.8 Å². The number of rotatable bonds is 4. The lowest BCUT2D eigenvalue weighted by Gasteiger charge is -2.28. The van der Waals surface area contributed by atoms with E-state index in [4.69, 9.17) is 4.74 Å². The van der Waals surface area contributed by atoms with E-state index < -0.39 is 0 Å². The topological polar surface area (TPSA) is 50.4 Å². The summed E-state index contributed by atoms with van der Waals surface area (Å²) in [4.78, 5) is 12.3. The van der Waals surface area contributed by atoms with Crippen LogP contribution < -0.4 is 15.4 Å². The van der Waals surface area contributed by atoms with Gasteiger partial charge in [-0.3, -0.25) is 4.79 Å². The van der Waals surface area contributed by atoms with E-state index in [-0.39, 0.29) is 12.1 Å². The molecule has 0 saturated heterocycles. The van der Waals surface area contributed by atoms with E-state index in [1.165, 1.54) is 0 Å². The molecule has 5 heteroatoms. The fraction of sp³-hybridized carbons (Fsp3) is 0.0952. The molecule has 0 saturated carbocycles. The normalized spacial score (nSPS) is 15.6. The predicted octanol–water partition coefficient (Wildman–Crippen LogP) is 4.88. The molecule has 0 bridgehead atoms. The molecule has 1 amide bonds. The molecule has 4 nitrogen and oxygen atoms in total. The zero-order chi connectivity index (χ0) is 17.9. The molecule has 0 aromatic heterocycles. The van der Waals surface area contributed by atoms with Gasteiger partial charge in [-0.25, -0.2) is 0 Å². The van der Waals surface area contributed by atoms with Crippen molar-refractivity contribution in [3.8, 4) is 5.75 Å². The number of hydrogen-bond acceptors (Lipinski definition) is 3. The maximum absolute atomic E-state index is 12.3. The van der Waals surface area contributed by atoms with E-state index in [2.05, 4.69) is 26.6 Å². The van der Waals surface area contributed by atoms with E-state index in [9.17, 15) is 4.79 Å². The second kappa shape index (κ2) is 7.22. The van der Waals surface area contributed by atoms with E-state index >= 15 is 0 Å². The molecule has 1 aliphatic heterocycles. The maximum atomic E-state index is 12.3. The molecule has 1 aliphatic rings. The van der Waals surface area contributed by atoms with Crippen molar-refractivity contribution < 1.29 is 9.53 Å². The second-order valence-corrected chi connectivity index (χ2v) is 6.91. The van der Waals surface area contributed by atoms with Crippen molar-refractivity contribution in [3.63, 3.8) is 0 Å². The molecular formula is C21H17BrN2O2. The Hall–Kier alpha value is -2.79. The van der Waals surface area contributed by atoms with Gasteiger partial charge in [0.1, 0.15) is 18.5 Å². The van der Waals surface area contributed by atoms with Gasteiger partial charge in [0.25, 0.3) is 5.91 Å². The van der Waals surface area contributed by atoms with Crippen molar-refractivity contribution in [2.24, 2.45) is 0 Å². The SMILES string of the molecule is O=C1N[C@@H](c2ccc(OCc3ccccc3)c(Br)c2)Nc2ccccc21. The quantitative estimate of drug-likeness (QED) is 0.646. The van der Waals surface area contributed by atoms with Gasteiger partial charge >= 0.3 is 0 Å². The van der Waals surface area contributed by atoms with Gasteiger partial charge in [-0.15, -0.1) is 0 Å². The van der Waals surface area contributed by atoms with Crippen LogP contribution in [-0.2, 0) is 6.61 Å². The molecule has 2 N–H and O–H groups in total. The molecule has 1 heterocycles. The first-order chi connectivity index (χ1) is 12.7. The van der Waals surface area contributed by atoms with Gasteiger partial charge in [-0.1, -0.05) is 48.5 Å². The smallest absolute Gasteiger partial charge is 0.255 e. The standard InChI is InChI=1S/C21H17BrN2O2/c22-17-12-15(10-11-19(17)26-13-14-6-2-1-3-7-14)20-23-18-9-5-4-8-16(18)21(25)24-20/h1-12,20,23H,13H2,(H,24,25)/t20-/m0/s1. The third-order valence-corrected chi connectivity index (χ3v) is 4.89. The largest absolute Gasteiger partial charge is 0.488 e. The first-order valence-corrected chi connectivity index (χ1v) is 9.12. The summed E-state index contributed by atoms with van der Waals surface area (Å²) in [5.74, 6) is 0.685. The minimum Gasteiger partial charge on any atom is -0.488 e. The van der Waals surface area contributed by atoms with Crippen LogP contribution in [0.25, 0.3) is 0 Å². The van der Waals surface area contributed by atoms with Crippen LogP contribution in [0.15, 0.2) is 77.3 Å². The zero-order valence-corrected chi connectivity index (χ0v) is 15.5. The van der Waals surface area contributed by atoms with Crippen LogP contribution in [-0.4, -0.2) is 5.91 Å². The Labute approximate surface area is 160 Å². The van der Waals surface area contributed by atoms with Crippen molar-refractivity contribution in [3.05, 3.63) is 94.0 Å². The van der Waals surface area contributed by atoms with Gasteiger partial charge in [0, 0.05) is 5.69 Å². The minimum atomic E-state index is -0.281. The highest BCUT2D eigenvalue weighted by atomic mass is 79.9. The number of benzene rings is 3. The molecule has 26 heavy (non-hydrogen) atoms. The summed E-state index contributed by atoms with van der Waals surface area (Å²) in [5, 5.41) is 6.34. The molecule has 0 unspecified atom stereocenters. The Bertz CT molecular complexity index is 944. The lowest BCUT2D eigenvalue weighted by atomic mass is 10.1. The highest BCUT2D eigenvalue weighted by Gasteiger charge is 2.24. The van der Waals surface area contributed by atoms with E-state index in [1.54, 1.807) is 0 Å². The summed E-state index contributed by atoms with van der Waals surface area (Å²) >= 11 is 3.57. The number of carbonyl (C=O) groups is 1. The van der Waals surface area contributed by atoms with Crippen LogP contribution in [0, 0.1) is 0 Å². The average molecular weight is 409 g/mol. The summed E-state index contributed by atoms with van der Waals surface area (Å²) in [6.07, 6.45) is -0.281. The molecule has 4 rings (SSSR count). The summed E-state index contributed by atoms with van der Waals surface area (Å²) in [6.45, 7) is 0.505. The summed E-state index contributed by atoms with van der Waals surface area (Å²) in [7, 11) is 0. The van der Waals surface area contributed by atoms with Gasteiger partial charge in [0.2, 0.25) is 0 Å². The molecule has 0 aliphatic carbocycles. The molecular weight excluding hydrogens is 392 g/mol. The molecule has 130 valence electrons. The molecule has 3 aromatic rings. The summed E-state index contributed by atoms with van der Waals surface area (Å²) in [6, 6.07) is 23.4. The number of para-hydroxylation sites is 1. The van der Waals surface area contributed by atoms with Crippen molar-refractivity contribution in [1.82, 2.24) is 5.32 Å². The Balaban J connectivity index is 1.50.